The van der Waals surface area contributed by atoms with E-state index in [9.17, 15) is 9.59 Å². The summed E-state index contributed by atoms with van der Waals surface area (Å²) in [4.78, 5) is 32.8. The van der Waals surface area contributed by atoms with Gasteiger partial charge in [0.25, 0.3) is 0 Å². The molecule has 0 bridgehead atoms. The van der Waals surface area contributed by atoms with Gasteiger partial charge in [0, 0.05) is 50.6 Å². The smallest absolute Gasteiger partial charge is 0.238 e. The van der Waals surface area contributed by atoms with E-state index in [0.717, 1.165) is 38.4 Å². The quantitative estimate of drug-likeness (QED) is 0.695. The third kappa shape index (κ3) is 6.49. The summed E-state index contributed by atoms with van der Waals surface area (Å²) in [6.45, 7) is 13.3. The van der Waals surface area contributed by atoms with E-state index in [0.29, 0.717) is 13.1 Å². The molecule has 7 nitrogen and oxygen atoms in total. The summed E-state index contributed by atoms with van der Waals surface area (Å²) >= 11 is 0. The van der Waals surface area contributed by atoms with Crippen molar-refractivity contribution in [3.05, 3.63) is 24.3 Å². The summed E-state index contributed by atoms with van der Waals surface area (Å²) in [5.74, 6) is -0.0630. The lowest BCUT2D eigenvalue weighted by molar-refractivity contribution is -0.132. The van der Waals surface area contributed by atoms with Gasteiger partial charge in [-0.1, -0.05) is 6.92 Å². The first-order valence-electron chi connectivity index (χ1n) is 10.3. The number of anilines is 2. The second-order valence-corrected chi connectivity index (χ2v) is 7.25. The monoisotopic (exact) mass is 389 g/mol. The molecule has 7 heteroatoms. The molecule has 0 spiro atoms. The molecular weight excluding hydrogens is 354 g/mol. The van der Waals surface area contributed by atoms with E-state index >= 15 is 0 Å². The van der Waals surface area contributed by atoms with Gasteiger partial charge in [0.1, 0.15) is 0 Å². The minimum absolute atomic E-state index is 0.0489. The van der Waals surface area contributed by atoms with Crippen LogP contribution in [0.4, 0.5) is 11.4 Å². The number of likely N-dealkylation sites (N-methyl/N-ethyl adjacent to an activating group) is 3. The highest BCUT2D eigenvalue weighted by molar-refractivity contribution is 5.92. The molecule has 2 amide bonds. The average molecular weight is 390 g/mol. The molecule has 1 fully saturated rings. The number of amides is 2. The molecule has 0 aliphatic carbocycles. The molecule has 0 aromatic heterocycles. The van der Waals surface area contributed by atoms with Crippen molar-refractivity contribution in [1.29, 1.82) is 0 Å². The maximum absolute atomic E-state index is 12.3. The third-order valence-electron chi connectivity index (χ3n) is 5.27. The van der Waals surface area contributed by atoms with Gasteiger partial charge in [-0.25, -0.2) is 0 Å². The van der Waals surface area contributed by atoms with Crippen molar-refractivity contribution in [3.63, 3.8) is 0 Å². The minimum Gasteiger partial charge on any atom is -0.369 e. The summed E-state index contributed by atoms with van der Waals surface area (Å²) in [7, 11) is 1.79. The average Bonchev–Trinajstić information content (AvgIpc) is 2.69. The van der Waals surface area contributed by atoms with Crippen molar-refractivity contribution in [3.8, 4) is 0 Å². The third-order valence-corrected chi connectivity index (χ3v) is 5.27. The first-order chi connectivity index (χ1) is 13.5. The number of rotatable bonds is 9. The van der Waals surface area contributed by atoms with Crippen LogP contribution in [-0.2, 0) is 9.59 Å². The van der Waals surface area contributed by atoms with E-state index in [1.54, 1.807) is 16.8 Å². The SMILES string of the molecule is CCN1CCN(c2ccc(NC(=O)CN(C)CC(=O)N(CC)CC)cc2)CC1. The molecule has 1 saturated heterocycles. The Kier molecular flexibility index (Phi) is 8.73. The van der Waals surface area contributed by atoms with Crippen LogP contribution in [0.25, 0.3) is 0 Å². The van der Waals surface area contributed by atoms with Crippen LogP contribution in [0.3, 0.4) is 0 Å². The maximum Gasteiger partial charge on any atom is 0.238 e. The molecule has 156 valence electrons. The van der Waals surface area contributed by atoms with Crippen LogP contribution >= 0.6 is 0 Å². The lowest BCUT2D eigenvalue weighted by Crippen LogP contribution is -2.46. The number of hydrogen-bond acceptors (Lipinski definition) is 5. The molecule has 28 heavy (non-hydrogen) atoms. The summed E-state index contributed by atoms with van der Waals surface area (Å²) < 4.78 is 0. The molecule has 0 radical (unpaired) electrons. The Morgan fingerprint density at radius 3 is 2.11 bits per heavy atom. The Bertz CT molecular complexity index is 622. The predicted molar refractivity (Wildman–Crippen MR) is 115 cm³/mol. The van der Waals surface area contributed by atoms with E-state index < -0.39 is 0 Å². The zero-order valence-corrected chi connectivity index (χ0v) is 17.8. The summed E-state index contributed by atoms with van der Waals surface area (Å²) in [5, 5.41) is 2.92. The molecule has 0 atom stereocenters. The van der Waals surface area contributed by atoms with Crippen LogP contribution in [0.15, 0.2) is 24.3 Å². The fourth-order valence-corrected chi connectivity index (χ4v) is 3.49. The zero-order valence-electron chi connectivity index (χ0n) is 17.8. The lowest BCUT2D eigenvalue weighted by Gasteiger charge is -2.35. The predicted octanol–water partition coefficient (Wildman–Crippen LogP) is 1.57. The summed E-state index contributed by atoms with van der Waals surface area (Å²) in [6.07, 6.45) is 0. The highest BCUT2D eigenvalue weighted by Crippen LogP contribution is 2.19. The van der Waals surface area contributed by atoms with Crippen LogP contribution in [0.5, 0.6) is 0 Å². The van der Waals surface area contributed by atoms with Crippen molar-refractivity contribution < 1.29 is 9.59 Å². The number of carbonyl (C=O) groups is 2. The van der Waals surface area contributed by atoms with Crippen LogP contribution in [0.1, 0.15) is 20.8 Å². The first-order valence-corrected chi connectivity index (χ1v) is 10.3. The molecule has 1 aromatic carbocycles. The van der Waals surface area contributed by atoms with Crippen molar-refractivity contribution in [1.82, 2.24) is 14.7 Å². The molecule has 1 aromatic rings. The highest BCUT2D eigenvalue weighted by atomic mass is 16.2. The number of carbonyl (C=O) groups excluding carboxylic acids is 2. The topological polar surface area (TPSA) is 59.1 Å². The van der Waals surface area contributed by atoms with E-state index in [1.165, 1.54) is 5.69 Å². The molecule has 1 heterocycles. The van der Waals surface area contributed by atoms with Gasteiger partial charge < -0.3 is 20.0 Å². The standard InChI is InChI=1S/C21H35N5O2/c1-5-24-12-14-26(15-13-24)19-10-8-18(9-11-19)22-20(27)16-23(4)17-21(28)25(6-2)7-3/h8-11H,5-7,12-17H2,1-4H3,(H,22,27). The van der Waals surface area contributed by atoms with Gasteiger partial charge >= 0.3 is 0 Å². The van der Waals surface area contributed by atoms with Crippen LogP contribution in [0.2, 0.25) is 0 Å². The van der Waals surface area contributed by atoms with Gasteiger partial charge in [-0.15, -0.1) is 0 Å². The van der Waals surface area contributed by atoms with Gasteiger partial charge in [0.15, 0.2) is 0 Å². The van der Waals surface area contributed by atoms with Crippen molar-refractivity contribution in [2.75, 3.05) is 76.2 Å². The molecule has 0 unspecified atom stereocenters. The van der Waals surface area contributed by atoms with Gasteiger partial charge in [0.2, 0.25) is 11.8 Å². The second kappa shape index (κ2) is 11.0. The van der Waals surface area contributed by atoms with Gasteiger partial charge in [-0.2, -0.15) is 0 Å². The first kappa shape index (κ1) is 22.2. The summed E-state index contributed by atoms with van der Waals surface area (Å²) in [5.41, 5.74) is 1.97. The molecule has 0 saturated carbocycles. The van der Waals surface area contributed by atoms with Gasteiger partial charge in [-0.3, -0.25) is 14.5 Å². The maximum atomic E-state index is 12.3. The second-order valence-electron chi connectivity index (χ2n) is 7.25. The molecule has 1 aliphatic heterocycles. The Morgan fingerprint density at radius 1 is 0.964 bits per heavy atom. The van der Waals surface area contributed by atoms with Crippen LogP contribution < -0.4 is 10.2 Å². The molecular formula is C21H35N5O2. The summed E-state index contributed by atoms with van der Waals surface area (Å²) in [6, 6.07) is 8.01. The number of benzene rings is 1. The van der Waals surface area contributed by atoms with Crippen molar-refractivity contribution in [2.24, 2.45) is 0 Å². The van der Waals surface area contributed by atoms with E-state index in [4.69, 9.17) is 0 Å². The largest absolute Gasteiger partial charge is 0.369 e. The number of nitrogens with one attached hydrogen (secondary N) is 1. The van der Waals surface area contributed by atoms with Crippen LogP contribution in [0, 0.1) is 0 Å². The van der Waals surface area contributed by atoms with Crippen molar-refractivity contribution >= 4 is 23.2 Å². The Labute approximate surface area is 169 Å². The minimum atomic E-state index is -0.112. The van der Waals surface area contributed by atoms with Crippen molar-refractivity contribution in [2.45, 2.75) is 20.8 Å². The number of piperazine rings is 1. The number of hydrogen-bond donors (Lipinski definition) is 1. The molecule has 1 N–H and O–H groups in total. The van der Waals surface area contributed by atoms with E-state index in [1.807, 2.05) is 26.0 Å². The van der Waals surface area contributed by atoms with Gasteiger partial charge in [0.05, 0.1) is 13.1 Å². The van der Waals surface area contributed by atoms with E-state index in [2.05, 4.69) is 34.2 Å². The zero-order chi connectivity index (χ0) is 20.5. The van der Waals surface area contributed by atoms with Gasteiger partial charge in [-0.05, 0) is 51.7 Å². The fraction of sp³-hybridized carbons (Fsp3) is 0.619. The van der Waals surface area contributed by atoms with Crippen LogP contribution in [-0.4, -0.2) is 92.5 Å². The fourth-order valence-electron chi connectivity index (χ4n) is 3.49. The highest BCUT2D eigenvalue weighted by Gasteiger charge is 2.17. The Balaban J connectivity index is 1.80. The lowest BCUT2D eigenvalue weighted by atomic mass is 10.2. The molecule has 1 aliphatic rings. The van der Waals surface area contributed by atoms with E-state index in [-0.39, 0.29) is 24.9 Å². The normalized spacial score (nSPS) is 15.0. The number of nitrogens with zero attached hydrogens (tertiary/aromatic N) is 4. The Morgan fingerprint density at radius 2 is 1.57 bits per heavy atom. The Hall–Kier alpha value is -2.12. The molecule has 2 rings (SSSR count).